The molecule has 89 valence electrons. The monoisotopic (exact) mass is 331 g/mol. The molecule has 0 spiro atoms. The van der Waals surface area contributed by atoms with E-state index in [1.54, 1.807) is 0 Å². The van der Waals surface area contributed by atoms with Gasteiger partial charge in [0.05, 0.1) is 0 Å². The summed E-state index contributed by atoms with van der Waals surface area (Å²) < 4.78 is 1.10. The number of halogens is 1. The van der Waals surface area contributed by atoms with Crippen molar-refractivity contribution >= 4 is 15.9 Å². The second kappa shape index (κ2) is 11.6. The summed E-state index contributed by atoms with van der Waals surface area (Å²) >= 11 is 3.29. The van der Waals surface area contributed by atoms with Gasteiger partial charge < -0.3 is 0 Å². The van der Waals surface area contributed by atoms with Crippen molar-refractivity contribution in [1.29, 1.82) is 0 Å². The first-order chi connectivity index (χ1) is 7.89. The molecule has 2 heteroatoms. The van der Waals surface area contributed by atoms with E-state index in [0.717, 1.165) is 10.9 Å². The summed E-state index contributed by atoms with van der Waals surface area (Å²) in [6, 6.07) is 10.5. The third-order valence-corrected chi connectivity index (χ3v) is 2.24. The molecular weight excluding hydrogens is 319 g/mol. The average molecular weight is 332 g/mol. The molecule has 0 unspecified atom stereocenters. The van der Waals surface area contributed by atoms with E-state index in [2.05, 4.69) is 34.1 Å². The molecule has 0 amide bonds. The Morgan fingerprint density at radius 3 is 1.71 bits per heavy atom. The summed E-state index contributed by atoms with van der Waals surface area (Å²) in [7, 11) is 0. The van der Waals surface area contributed by atoms with Crippen molar-refractivity contribution in [3.8, 4) is 0 Å². The fourth-order valence-electron chi connectivity index (χ4n) is 0.818. The van der Waals surface area contributed by atoms with Crippen molar-refractivity contribution in [3.63, 3.8) is 0 Å². The zero-order valence-corrected chi connectivity index (χ0v) is 11.9. The molecule has 3 rings (SSSR count). The minimum atomic E-state index is 0. The fraction of sp³-hybridized carbons (Fsp3) is 0.0667. The van der Waals surface area contributed by atoms with Crippen molar-refractivity contribution < 1.29 is 16.8 Å². The summed E-state index contributed by atoms with van der Waals surface area (Å²) in [4.78, 5) is 0. The van der Waals surface area contributed by atoms with Gasteiger partial charge in [0.2, 0.25) is 0 Å². The first-order valence-corrected chi connectivity index (χ1v) is 5.85. The predicted octanol–water partition coefficient (Wildman–Crippen LogP) is 4.66. The smallest absolute Gasteiger partial charge is 0.273 e. The summed E-state index contributed by atoms with van der Waals surface area (Å²) in [5, 5.41) is 0. The molecule has 0 heterocycles. The Morgan fingerprint density at radius 1 is 0.941 bits per heavy atom. The van der Waals surface area contributed by atoms with Gasteiger partial charge in [-0.3, -0.25) is 6.08 Å². The summed E-state index contributed by atoms with van der Waals surface area (Å²) in [5.41, 5.74) is 0. The van der Waals surface area contributed by atoms with Crippen molar-refractivity contribution in [1.82, 2.24) is 0 Å². The van der Waals surface area contributed by atoms with Crippen LogP contribution >= 0.6 is 15.9 Å². The average Bonchev–Trinajstić information content (AvgIpc) is 2.73. The van der Waals surface area contributed by atoms with Crippen molar-refractivity contribution in [2.75, 3.05) is 0 Å². The van der Waals surface area contributed by atoms with E-state index in [-0.39, 0.29) is 16.8 Å². The largest absolute Gasteiger partial charge is 2.00 e. The van der Waals surface area contributed by atoms with Gasteiger partial charge in [-0.05, 0) is 0 Å². The normalized spacial score (nSPS) is 12.5. The maximum atomic E-state index is 3.29. The predicted molar refractivity (Wildman–Crippen MR) is 72.8 cm³/mol. The molecule has 0 N–H and O–H groups in total. The van der Waals surface area contributed by atoms with Crippen LogP contribution in [0.4, 0.5) is 0 Å². The van der Waals surface area contributed by atoms with Gasteiger partial charge in [0.15, 0.2) is 0 Å². The summed E-state index contributed by atoms with van der Waals surface area (Å²) in [6.45, 7) is 0. The molecule has 1 aromatic carbocycles. The molecule has 0 saturated heterocycles. The van der Waals surface area contributed by atoms with Gasteiger partial charge in [-0.1, -0.05) is 44.7 Å². The Kier molecular flexibility index (Phi) is 11.1. The van der Waals surface area contributed by atoms with Gasteiger partial charge in [-0.2, -0.15) is 36.4 Å². The second-order valence-electron chi connectivity index (χ2n) is 2.99. The summed E-state index contributed by atoms with van der Waals surface area (Å²) in [6.07, 6.45) is 18.0. The zero-order valence-electron chi connectivity index (χ0n) is 9.27. The van der Waals surface area contributed by atoms with Crippen molar-refractivity contribution in [2.45, 2.75) is 6.42 Å². The third-order valence-electron chi connectivity index (χ3n) is 1.71. The molecule has 2 aliphatic carbocycles. The maximum Gasteiger partial charge on any atom is 2.00 e. The Bertz CT molecular complexity index is 361. The number of hydrogen-bond donors (Lipinski definition) is 0. The van der Waals surface area contributed by atoms with Crippen LogP contribution in [0.2, 0.25) is 0 Å². The molecule has 0 nitrogen and oxygen atoms in total. The Labute approximate surface area is 122 Å². The van der Waals surface area contributed by atoms with E-state index in [1.165, 1.54) is 0 Å². The zero-order chi connectivity index (χ0) is 11.5. The molecule has 0 fully saturated rings. The number of hydrogen-bond acceptors (Lipinski definition) is 0. The standard InChI is InChI=1S/C6H4Br.C5H5.C4H4.Co/c7-6-4-2-1-3-5-6;1-2-4-5-3-1;1-2-4-3-1;/h2-5H;1-3H,4H2;1-4H;/q2*-1;;+2. The molecule has 0 bridgehead atoms. The molecule has 0 saturated carbocycles. The van der Waals surface area contributed by atoms with Crippen LogP contribution in [0.15, 0.2) is 71.3 Å². The molecule has 1 radical (unpaired) electrons. The Morgan fingerprint density at radius 2 is 1.53 bits per heavy atom. The van der Waals surface area contributed by atoms with Gasteiger partial charge in [0.1, 0.15) is 0 Å². The van der Waals surface area contributed by atoms with Crippen molar-refractivity contribution in [2.24, 2.45) is 0 Å². The minimum absolute atomic E-state index is 0. The van der Waals surface area contributed by atoms with Crippen molar-refractivity contribution in [3.05, 3.63) is 83.4 Å². The van der Waals surface area contributed by atoms with E-state index in [0.29, 0.717) is 0 Å². The number of allylic oxidation sites excluding steroid dienone is 8. The second-order valence-corrected chi connectivity index (χ2v) is 3.91. The minimum Gasteiger partial charge on any atom is -0.273 e. The van der Waals surface area contributed by atoms with Crippen LogP contribution in [-0.2, 0) is 16.8 Å². The van der Waals surface area contributed by atoms with Crippen LogP contribution in [0, 0.1) is 12.1 Å². The van der Waals surface area contributed by atoms with E-state index >= 15 is 0 Å². The van der Waals surface area contributed by atoms with Gasteiger partial charge >= 0.3 is 16.8 Å². The quantitative estimate of drug-likeness (QED) is 0.606. The van der Waals surface area contributed by atoms with Crippen LogP contribution in [0.25, 0.3) is 0 Å². The first-order valence-electron chi connectivity index (χ1n) is 5.06. The van der Waals surface area contributed by atoms with Crippen LogP contribution in [0.5, 0.6) is 0 Å². The summed E-state index contributed by atoms with van der Waals surface area (Å²) in [5.74, 6) is 0. The maximum absolute atomic E-state index is 3.29. The first kappa shape index (κ1) is 16.2. The van der Waals surface area contributed by atoms with Gasteiger partial charge in [-0.15, -0.1) is 6.42 Å². The molecule has 0 atom stereocenters. The number of rotatable bonds is 0. The van der Waals surface area contributed by atoms with Crippen LogP contribution in [0.3, 0.4) is 0 Å². The van der Waals surface area contributed by atoms with Crippen LogP contribution < -0.4 is 0 Å². The van der Waals surface area contributed by atoms with E-state index in [9.17, 15) is 0 Å². The third kappa shape index (κ3) is 10.1. The molecule has 0 aliphatic heterocycles. The van der Waals surface area contributed by atoms with E-state index < -0.39 is 0 Å². The van der Waals surface area contributed by atoms with E-state index in [1.807, 2.05) is 60.7 Å². The van der Waals surface area contributed by atoms with Crippen LogP contribution in [-0.4, -0.2) is 0 Å². The van der Waals surface area contributed by atoms with Gasteiger partial charge in [0, 0.05) is 0 Å². The Hall–Kier alpha value is -0.834. The van der Waals surface area contributed by atoms with Crippen LogP contribution in [0.1, 0.15) is 6.42 Å². The number of benzene rings is 1. The Balaban J connectivity index is 0.000000228. The molecule has 2 aliphatic rings. The van der Waals surface area contributed by atoms with Gasteiger partial charge in [-0.25, -0.2) is 12.2 Å². The molecule has 1 aromatic rings. The SMILES string of the molecule is Brc1cc[c-]cc1.C1=CC=C1.[C-]1=CC=CC1.[Co+2]. The molecule has 17 heavy (non-hydrogen) atoms. The van der Waals surface area contributed by atoms with E-state index in [4.69, 9.17) is 0 Å². The van der Waals surface area contributed by atoms with Gasteiger partial charge in [0.25, 0.3) is 0 Å². The fourth-order valence-corrected chi connectivity index (χ4v) is 1.08. The molecule has 0 aromatic heterocycles. The topological polar surface area (TPSA) is 0 Å². The molecular formula is C15H13BrCo.